The van der Waals surface area contributed by atoms with Crippen LogP contribution in [0.1, 0.15) is 9.60 Å². The summed E-state index contributed by atoms with van der Waals surface area (Å²) in [7, 11) is 0. The average Bonchev–Trinajstić information content (AvgIpc) is 3.16. The van der Waals surface area contributed by atoms with Gasteiger partial charge in [0.15, 0.2) is 0 Å². The molecule has 0 spiro atoms. The van der Waals surface area contributed by atoms with Gasteiger partial charge in [-0.2, -0.15) is 0 Å². The second-order valence-corrected chi connectivity index (χ2v) is 10.5. The summed E-state index contributed by atoms with van der Waals surface area (Å²) >= 11 is 0. The second kappa shape index (κ2) is 10.6. The first-order valence-electron chi connectivity index (χ1n) is 17.7. The molecule has 0 saturated carbocycles. The van der Waals surface area contributed by atoms with E-state index in [4.69, 9.17) is 8.22 Å². The Morgan fingerprint density at radius 3 is 1.93 bits per heavy atom. The maximum atomic E-state index is 9.27. The minimum absolute atomic E-state index is 0.0219. The first-order chi connectivity index (χ1) is 24.2. The predicted molar refractivity (Wildman–Crippen MR) is 185 cm³/mol. The third-order valence-electron chi connectivity index (χ3n) is 7.91. The van der Waals surface area contributed by atoms with E-state index in [1.54, 1.807) is 4.90 Å². The molecule has 0 aliphatic carbocycles. The van der Waals surface area contributed by atoms with Gasteiger partial charge < -0.3 is 4.90 Å². The number of rotatable bonds is 5. The van der Waals surface area contributed by atoms with Gasteiger partial charge in [0, 0.05) is 16.8 Å². The molecule has 0 bridgehead atoms. The predicted octanol–water partition coefficient (Wildman–Crippen LogP) is 11.9. The molecule has 0 aliphatic heterocycles. The van der Waals surface area contributed by atoms with E-state index in [9.17, 15) is 1.37 Å². The Kier molecular flexibility index (Phi) is 4.63. The van der Waals surface area contributed by atoms with E-state index in [1.807, 2.05) is 78.9 Å². The van der Waals surface area contributed by atoms with Crippen LogP contribution in [0.2, 0.25) is 0 Å². The third kappa shape index (κ3) is 4.62. The van der Waals surface area contributed by atoms with Crippen LogP contribution in [0.15, 0.2) is 176 Å². The maximum Gasteiger partial charge on any atom is 0.0645 e. The van der Waals surface area contributed by atoms with E-state index in [0.717, 1.165) is 43.8 Å². The molecule has 0 aliphatic rings. The molecule has 43 heavy (non-hydrogen) atoms. The Morgan fingerprint density at radius 2 is 1.05 bits per heavy atom. The van der Waals surface area contributed by atoms with Gasteiger partial charge in [0.05, 0.1) is 15.3 Å². The first kappa shape index (κ1) is 18.7. The molecule has 0 amide bonds. The Morgan fingerprint density at radius 1 is 0.395 bits per heavy atom. The van der Waals surface area contributed by atoms with Crippen molar-refractivity contribution >= 4 is 49.4 Å². The van der Waals surface area contributed by atoms with Crippen molar-refractivity contribution in [2.75, 3.05) is 4.90 Å². The van der Waals surface area contributed by atoms with Crippen molar-refractivity contribution in [3.63, 3.8) is 0 Å². The standard InChI is InChI=1S/C42H29N/c1-2-14-33-27-35(26-25-30(33)11-1)34-17-7-19-37(28-34)43(42-24-10-16-32-13-4-6-22-41(32)42)38-20-8-18-36(29-38)40-23-9-15-31-12-3-5-21-39(31)40/h1-29H/i4D,6D,10D,13D,16D,22D,24D. The summed E-state index contributed by atoms with van der Waals surface area (Å²) in [4.78, 5) is 1.79. The topological polar surface area (TPSA) is 3.24 Å². The SMILES string of the molecule is [2H]c1c([2H])c([2H])c2c(N(c3cccc(-c4ccc5ccccc5c4)c3)c3cccc(-c4cccc5ccccc45)c3)c([2H])c([2H])c([2H])c2c1[2H]. The van der Waals surface area contributed by atoms with Gasteiger partial charge in [-0.1, -0.05) is 139 Å². The van der Waals surface area contributed by atoms with Gasteiger partial charge in [-0.05, 0) is 85.6 Å². The number of anilines is 3. The van der Waals surface area contributed by atoms with Gasteiger partial charge in [0.2, 0.25) is 0 Å². The highest BCUT2D eigenvalue weighted by molar-refractivity contribution is 6.01. The summed E-state index contributed by atoms with van der Waals surface area (Å²) in [6.45, 7) is 0. The van der Waals surface area contributed by atoms with Crippen LogP contribution in [0.25, 0.3) is 54.6 Å². The lowest BCUT2D eigenvalue weighted by Gasteiger charge is -2.28. The van der Waals surface area contributed by atoms with Crippen molar-refractivity contribution in [2.45, 2.75) is 0 Å². The van der Waals surface area contributed by atoms with E-state index in [1.165, 1.54) is 0 Å². The summed E-state index contributed by atoms with van der Waals surface area (Å²) in [6.07, 6.45) is 0. The molecule has 0 atom stereocenters. The monoisotopic (exact) mass is 554 g/mol. The van der Waals surface area contributed by atoms with Gasteiger partial charge in [-0.25, -0.2) is 0 Å². The summed E-state index contributed by atoms with van der Waals surface area (Å²) in [5.41, 5.74) is 5.18. The summed E-state index contributed by atoms with van der Waals surface area (Å²) < 4.78 is 61.5. The molecule has 202 valence electrons. The van der Waals surface area contributed by atoms with Crippen molar-refractivity contribution in [1.29, 1.82) is 0 Å². The molecule has 0 fully saturated rings. The fourth-order valence-corrected chi connectivity index (χ4v) is 5.86. The lowest BCUT2D eigenvalue weighted by Crippen LogP contribution is -2.10. The van der Waals surface area contributed by atoms with Crippen LogP contribution in [0, 0.1) is 0 Å². The van der Waals surface area contributed by atoms with Gasteiger partial charge in [-0.15, -0.1) is 0 Å². The number of benzene rings is 8. The molecule has 0 unspecified atom stereocenters. The molecule has 0 N–H and O–H groups in total. The molecular weight excluding hydrogens is 518 g/mol. The van der Waals surface area contributed by atoms with Crippen LogP contribution in [0.5, 0.6) is 0 Å². The van der Waals surface area contributed by atoms with Gasteiger partial charge >= 0.3 is 0 Å². The van der Waals surface area contributed by atoms with Gasteiger partial charge in [-0.3, -0.25) is 0 Å². The van der Waals surface area contributed by atoms with Crippen molar-refractivity contribution < 1.29 is 9.60 Å². The Balaban J connectivity index is 1.43. The zero-order chi connectivity index (χ0) is 34.7. The van der Waals surface area contributed by atoms with Crippen molar-refractivity contribution in [1.82, 2.24) is 0 Å². The molecule has 0 saturated heterocycles. The lowest BCUT2D eigenvalue weighted by atomic mass is 9.97. The molecule has 8 rings (SSSR count). The molecular formula is C42H29N. The molecule has 1 nitrogen and oxygen atoms in total. The molecule has 0 heterocycles. The second-order valence-electron chi connectivity index (χ2n) is 10.5. The maximum absolute atomic E-state index is 9.27. The van der Waals surface area contributed by atoms with E-state index in [-0.39, 0.29) is 28.5 Å². The highest BCUT2D eigenvalue weighted by Gasteiger charge is 2.17. The van der Waals surface area contributed by atoms with E-state index in [2.05, 4.69) is 54.6 Å². The minimum atomic E-state index is -0.484. The van der Waals surface area contributed by atoms with Gasteiger partial charge in [0.25, 0.3) is 0 Å². The van der Waals surface area contributed by atoms with Crippen LogP contribution in [0.3, 0.4) is 0 Å². The van der Waals surface area contributed by atoms with Crippen LogP contribution >= 0.6 is 0 Å². The smallest absolute Gasteiger partial charge is 0.0645 e. The van der Waals surface area contributed by atoms with Crippen LogP contribution in [0.4, 0.5) is 17.1 Å². The number of nitrogens with zero attached hydrogens (tertiary/aromatic N) is 1. The molecule has 0 aromatic heterocycles. The summed E-state index contributed by atoms with van der Waals surface area (Å²) in [5.74, 6) is 0. The van der Waals surface area contributed by atoms with E-state index < -0.39 is 30.2 Å². The van der Waals surface area contributed by atoms with Crippen molar-refractivity contribution in [2.24, 2.45) is 0 Å². The highest BCUT2D eigenvalue weighted by Crippen LogP contribution is 2.42. The number of hydrogen-bond acceptors (Lipinski definition) is 1. The average molecular weight is 555 g/mol. The van der Waals surface area contributed by atoms with Gasteiger partial charge in [0.1, 0.15) is 0 Å². The lowest BCUT2D eigenvalue weighted by molar-refractivity contribution is 1.30. The normalized spacial score (nSPS) is 13.5. The molecule has 8 aromatic carbocycles. The van der Waals surface area contributed by atoms with Crippen LogP contribution < -0.4 is 4.90 Å². The van der Waals surface area contributed by atoms with E-state index in [0.29, 0.717) is 11.4 Å². The fraction of sp³-hybridized carbons (Fsp3) is 0. The summed E-state index contributed by atoms with van der Waals surface area (Å²) in [5, 5.41) is 4.31. The first-order valence-corrected chi connectivity index (χ1v) is 14.2. The number of hydrogen-bond donors (Lipinski definition) is 0. The zero-order valence-corrected chi connectivity index (χ0v) is 23.1. The van der Waals surface area contributed by atoms with Crippen molar-refractivity contribution in [3.8, 4) is 22.3 Å². The fourth-order valence-electron chi connectivity index (χ4n) is 5.86. The quantitative estimate of drug-likeness (QED) is 0.204. The third-order valence-corrected chi connectivity index (χ3v) is 7.91. The highest BCUT2D eigenvalue weighted by atomic mass is 15.1. The Bertz CT molecular complexity index is 2640. The number of fused-ring (bicyclic) bond motifs is 3. The Hall–Kier alpha value is -5.66. The Labute approximate surface area is 261 Å². The minimum Gasteiger partial charge on any atom is -0.310 e. The zero-order valence-electron chi connectivity index (χ0n) is 30.1. The molecule has 0 radical (unpaired) electrons. The van der Waals surface area contributed by atoms with Crippen LogP contribution in [-0.2, 0) is 0 Å². The van der Waals surface area contributed by atoms with Crippen molar-refractivity contribution in [3.05, 3.63) is 176 Å². The summed E-state index contributed by atoms with van der Waals surface area (Å²) in [6, 6.07) is 41.5. The van der Waals surface area contributed by atoms with E-state index >= 15 is 0 Å². The van der Waals surface area contributed by atoms with Crippen LogP contribution in [-0.4, -0.2) is 0 Å². The molecule has 1 heteroatoms. The molecule has 8 aromatic rings. The largest absolute Gasteiger partial charge is 0.310 e.